The molecule has 0 saturated heterocycles. The van der Waals surface area contributed by atoms with Crippen LogP contribution in [0.4, 0.5) is 0 Å². The molecule has 0 aliphatic carbocycles. The molecule has 4 rings (SSSR count). The van der Waals surface area contributed by atoms with Crippen molar-refractivity contribution in [2.24, 2.45) is 0 Å². The average molecular weight is 382 g/mol. The maximum absolute atomic E-state index is 5.99. The number of hydrogen-bond donors (Lipinski definition) is 0. The van der Waals surface area contributed by atoms with Crippen LogP contribution in [0, 0.1) is 0 Å². The lowest BCUT2D eigenvalue weighted by atomic mass is 10.0. The van der Waals surface area contributed by atoms with Crippen LogP contribution in [0.3, 0.4) is 0 Å². The highest BCUT2D eigenvalue weighted by Gasteiger charge is 2.17. The van der Waals surface area contributed by atoms with Crippen LogP contribution in [0.1, 0.15) is 0 Å². The van der Waals surface area contributed by atoms with Crippen molar-refractivity contribution in [1.29, 1.82) is 0 Å². The highest BCUT2D eigenvalue weighted by Crippen LogP contribution is 2.38. The zero-order chi connectivity index (χ0) is 18.5. The average Bonchev–Trinajstić information content (AvgIpc) is 3.17. The van der Waals surface area contributed by atoms with E-state index < -0.39 is 0 Å². The normalized spacial score (nSPS) is 11.3. The first-order valence-electron chi connectivity index (χ1n) is 8.53. The van der Waals surface area contributed by atoms with Gasteiger partial charge >= 0.3 is 0 Å². The van der Waals surface area contributed by atoms with Gasteiger partial charge in [-0.05, 0) is 12.1 Å². The van der Waals surface area contributed by atoms with Gasteiger partial charge in [-0.25, -0.2) is 0 Å². The number of aromatic nitrogens is 4. The van der Waals surface area contributed by atoms with Gasteiger partial charge in [-0.1, -0.05) is 18.2 Å². The number of nitrogens with zero attached hydrogens (tertiary/aromatic N) is 4. The minimum Gasteiger partial charge on any atom is -0.491 e. The molecule has 138 valence electrons. The fourth-order valence-electron chi connectivity index (χ4n) is 2.86. The summed E-state index contributed by atoms with van der Waals surface area (Å²) in [7, 11) is 1.65. The van der Waals surface area contributed by atoms with Gasteiger partial charge in [-0.15, -0.1) is 0 Å². The van der Waals surface area contributed by atoms with Gasteiger partial charge in [0.25, 0.3) is 0 Å². The minimum atomic E-state index is 0.440. The lowest BCUT2D eigenvalue weighted by Crippen LogP contribution is -2.10. The van der Waals surface area contributed by atoms with Crippen molar-refractivity contribution < 1.29 is 14.2 Å². The Morgan fingerprint density at radius 1 is 0.889 bits per heavy atom. The first-order chi connectivity index (χ1) is 13.4. The van der Waals surface area contributed by atoms with Crippen molar-refractivity contribution in [3.8, 4) is 16.9 Å². The predicted octanol–water partition coefficient (Wildman–Crippen LogP) is 3.34. The summed E-state index contributed by atoms with van der Waals surface area (Å²) in [4.78, 5) is 8.97. The molecule has 0 radical (unpaired) electrons. The molecule has 27 heavy (non-hydrogen) atoms. The maximum Gasteiger partial charge on any atom is 0.127 e. The molecule has 7 nitrogen and oxygen atoms in total. The van der Waals surface area contributed by atoms with E-state index in [0.29, 0.717) is 26.4 Å². The fourth-order valence-corrected chi connectivity index (χ4v) is 3.40. The standard InChI is InChI=1S/C19H18N4O3S/c1-24-8-9-25-10-11-26-16-5-3-2-4-13(16)17-18-14(20-6-7-21-18)12-15-19(17)23-27-22-15/h2-7,12H,8-11H2,1H3. The first kappa shape index (κ1) is 17.7. The first-order valence-corrected chi connectivity index (χ1v) is 9.26. The van der Waals surface area contributed by atoms with Crippen molar-refractivity contribution >= 4 is 33.8 Å². The van der Waals surface area contributed by atoms with Crippen molar-refractivity contribution in [3.05, 3.63) is 42.7 Å². The van der Waals surface area contributed by atoms with Crippen LogP contribution in [-0.4, -0.2) is 52.3 Å². The molecule has 0 unspecified atom stereocenters. The number of rotatable bonds is 8. The number of para-hydroxylation sites is 1. The number of benzene rings is 2. The second-order valence-electron chi connectivity index (χ2n) is 5.76. The van der Waals surface area contributed by atoms with Gasteiger partial charge < -0.3 is 14.2 Å². The third-order valence-corrected chi connectivity index (χ3v) is 4.60. The monoisotopic (exact) mass is 382 g/mol. The summed E-state index contributed by atoms with van der Waals surface area (Å²) < 4.78 is 25.3. The topological polar surface area (TPSA) is 79.2 Å². The van der Waals surface area contributed by atoms with Crippen LogP contribution < -0.4 is 4.74 Å². The molecule has 0 fully saturated rings. The Morgan fingerprint density at radius 3 is 2.67 bits per heavy atom. The summed E-state index contributed by atoms with van der Waals surface area (Å²) in [6, 6.07) is 9.77. The fraction of sp³-hybridized carbons (Fsp3) is 0.263. The van der Waals surface area contributed by atoms with Gasteiger partial charge in [0.1, 0.15) is 23.4 Å². The molecule has 0 aliphatic heterocycles. The van der Waals surface area contributed by atoms with Crippen molar-refractivity contribution in [3.63, 3.8) is 0 Å². The van der Waals surface area contributed by atoms with Gasteiger partial charge in [-0.3, -0.25) is 9.97 Å². The second kappa shape index (κ2) is 8.34. The van der Waals surface area contributed by atoms with Gasteiger partial charge in [0.05, 0.1) is 42.6 Å². The van der Waals surface area contributed by atoms with E-state index in [0.717, 1.165) is 38.9 Å². The SMILES string of the molecule is COCCOCCOc1ccccc1-c1c2nccnc2cc2nsnc12. The molecule has 8 heteroatoms. The zero-order valence-electron chi connectivity index (χ0n) is 14.8. The van der Waals surface area contributed by atoms with E-state index in [4.69, 9.17) is 14.2 Å². The Bertz CT molecular complexity index is 1050. The summed E-state index contributed by atoms with van der Waals surface area (Å²) in [5, 5.41) is 0. The Kier molecular flexibility index (Phi) is 5.47. The van der Waals surface area contributed by atoms with Gasteiger partial charge in [0, 0.05) is 30.6 Å². The Labute approximate surface area is 160 Å². The minimum absolute atomic E-state index is 0.440. The van der Waals surface area contributed by atoms with E-state index in [1.54, 1.807) is 19.5 Å². The molecule has 2 aromatic carbocycles. The lowest BCUT2D eigenvalue weighted by Gasteiger charge is -2.13. The number of fused-ring (bicyclic) bond motifs is 2. The van der Waals surface area contributed by atoms with Crippen molar-refractivity contribution in [2.45, 2.75) is 0 Å². The summed E-state index contributed by atoms with van der Waals surface area (Å²) in [5.74, 6) is 0.750. The molecule has 0 saturated carbocycles. The molecule has 0 bridgehead atoms. The molecule has 0 amide bonds. The van der Waals surface area contributed by atoms with E-state index in [9.17, 15) is 0 Å². The molecular formula is C19H18N4O3S. The third-order valence-electron chi connectivity index (χ3n) is 4.06. The zero-order valence-corrected chi connectivity index (χ0v) is 15.6. The third kappa shape index (κ3) is 3.73. The Balaban J connectivity index is 1.70. The highest BCUT2D eigenvalue weighted by molar-refractivity contribution is 7.00. The number of methoxy groups -OCH3 is 1. The molecule has 0 spiro atoms. The van der Waals surface area contributed by atoms with Gasteiger partial charge in [-0.2, -0.15) is 8.75 Å². The Morgan fingerprint density at radius 2 is 1.74 bits per heavy atom. The van der Waals surface area contributed by atoms with E-state index >= 15 is 0 Å². The molecule has 2 heterocycles. The van der Waals surface area contributed by atoms with E-state index in [-0.39, 0.29) is 0 Å². The van der Waals surface area contributed by atoms with E-state index in [2.05, 4.69) is 18.7 Å². The summed E-state index contributed by atoms with van der Waals surface area (Å²) in [5.41, 5.74) is 4.98. The predicted molar refractivity (Wildman–Crippen MR) is 104 cm³/mol. The molecule has 2 aromatic heterocycles. The molecule has 0 aliphatic rings. The molecule has 4 aromatic rings. The van der Waals surface area contributed by atoms with Crippen molar-refractivity contribution in [2.75, 3.05) is 33.5 Å². The van der Waals surface area contributed by atoms with Crippen LogP contribution >= 0.6 is 11.7 Å². The summed E-state index contributed by atoms with van der Waals surface area (Å²) in [6.07, 6.45) is 3.36. The van der Waals surface area contributed by atoms with Crippen LogP contribution in [0.15, 0.2) is 42.7 Å². The van der Waals surface area contributed by atoms with Gasteiger partial charge in [0.15, 0.2) is 0 Å². The highest BCUT2D eigenvalue weighted by atomic mass is 32.1. The second-order valence-corrected chi connectivity index (χ2v) is 6.29. The molecule has 0 atom stereocenters. The number of ether oxygens (including phenoxy) is 3. The Hall–Kier alpha value is -2.68. The maximum atomic E-state index is 5.99. The molecule has 0 N–H and O–H groups in total. The van der Waals surface area contributed by atoms with Crippen LogP contribution in [-0.2, 0) is 9.47 Å². The largest absolute Gasteiger partial charge is 0.491 e. The summed E-state index contributed by atoms with van der Waals surface area (Å²) in [6.45, 7) is 2.04. The van der Waals surface area contributed by atoms with E-state index in [1.807, 2.05) is 30.3 Å². The van der Waals surface area contributed by atoms with Crippen LogP contribution in [0.25, 0.3) is 33.2 Å². The molecular weight excluding hydrogens is 364 g/mol. The van der Waals surface area contributed by atoms with Crippen molar-refractivity contribution in [1.82, 2.24) is 18.7 Å². The quantitative estimate of drug-likeness (QED) is 0.432. The smallest absolute Gasteiger partial charge is 0.127 e. The van der Waals surface area contributed by atoms with E-state index in [1.165, 1.54) is 11.7 Å². The number of hydrogen-bond acceptors (Lipinski definition) is 8. The van der Waals surface area contributed by atoms with Crippen LogP contribution in [0.5, 0.6) is 5.75 Å². The summed E-state index contributed by atoms with van der Waals surface area (Å²) >= 11 is 1.18. The van der Waals surface area contributed by atoms with Gasteiger partial charge in [0.2, 0.25) is 0 Å². The lowest BCUT2D eigenvalue weighted by molar-refractivity contribution is 0.0545. The van der Waals surface area contributed by atoms with Crippen LogP contribution in [0.2, 0.25) is 0 Å².